The number of nitrogens with one attached hydrogen (secondary N) is 3. The van der Waals surface area contributed by atoms with Crippen molar-refractivity contribution in [3.05, 3.63) is 77.4 Å². The van der Waals surface area contributed by atoms with E-state index in [1.807, 2.05) is 0 Å². The Balaban J connectivity index is 1.25. The molecule has 174 valence electrons. The van der Waals surface area contributed by atoms with Gasteiger partial charge >= 0.3 is 6.03 Å². The zero-order chi connectivity index (χ0) is 24.0. The Labute approximate surface area is 191 Å². The molecule has 3 aromatic rings. The number of urea groups is 1. The smallest absolute Gasteiger partial charge is 0.319 e. The largest absolute Gasteiger partial charge is 0.487 e. The van der Waals surface area contributed by atoms with Crippen molar-refractivity contribution in [1.29, 1.82) is 0 Å². The number of carbonyl (C=O) groups excluding carboxylic acids is 2. The fraction of sp³-hybridized carbons (Fsp3) is 0.174. The third-order valence-corrected chi connectivity index (χ3v) is 5.54. The van der Waals surface area contributed by atoms with Gasteiger partial charge in [-0.1, -0.05) is 0 Å². The monoisotopic (exact) mass is 470 g/mol. The molecule has 1 aliphatic heterocycles. The Morgan fingerprint density at radius 1 is 1.00 bits per heavy atom. The van der Waals surface area contributed by atoms with Crippen LogP contribution >= 0.6 is 0 Å². The third-order valence-electron chi connectivity index (χ3n) is 5.54. The highest BCUT2D eigenvalue weighted by atomic mass is 19.2. The molecule has 0 radical (unpaired) electrons. The summed E-state index contributed by atoms with van der Waals surface area (Å²) in [6.45, 7) is 0. The van der Waals surface area contributed by atoms with E-state index in [-0.39, 0.29) is 23.6 Å². The number of pyridine rings is 1. The second-order valence-electron chi connectivity index (χ2n) is 7.74. The number of carbonyl (C=O) groups is 2. The number of nitrogens with zero attached hydrogens (tertiary/aromatic N) is 1. The summed E-state index contributed by atoms with van der Waals surface area (Å²) in [5.74, 6) is -2.65. The summed E-state index contributed by atoms with van der Waals surface area (Å²) in [4.78, 5) is 28.0. The fourth-order valence-corrected chi connectivity index (χ4v) is 3.87. The van der Waals surface area contributed by atoms with Crippen LogP contribution in [0, 0.1) is 17.5 Å². The molecule has 8 nitrogen and oxygen atoms in total. The first kappa shape index (κ1) is 21.6. The molecule has 34 heavy (non-hydrogen) atoms. The number of ether oxygens (including phenoxy) is 2. The number of anilines is 1. The zero-order valence-electron chi connectivity index (χ0n) is 17.6. The van der Waals surface area contributed by atoms with Crippen LogP contribution in [0.25, 0.3) is 0 Å². The van der Waals surface area contributed by atoms with E-state index in [4.69, 9.17) is 9.47 Å². The Morgan fingerprint density at radius 2 is 1.76 bits per heavy atom. The van der Waals surface area contributed by atoms with Crippen LogP contribution in [0.1, 0.15) is 22.0 Å². The summed E-state index contributed by atoms with van der Waals surface area (Å²) in [5, 5.41) is 7.32. The lowest BCUT2D eigenvalue weighted by Gasteiger charge is -2.13. The minimum Gasteiger partial charge on any atom is -0.487 e. The van der Waals surface area contributed by atoms with E-state index < -0.39 is 35.2 Å². The second kappa shape index (κ2) is 8.25. The van der Waals surface area contributed by atoms with E-state index in [9.17, 15) is 22.8 Å². The highest BCUT2D eigenvalue weighted by molar-refractivity contribution is 5.92. The van der Waals surface area contributed by atoms with Gasteiger partial charge < -0.3 is 25.4 Å². The second-order valence-corrected chi connectivity index (χ2v) is 7.74. The summed E-state index contributed by atoms with van der Waals surface area (Å²) in [6.07, 6.45) is 1.15. The van der Waals surface area contributed by atoms with E-state index in [2.05, 4.69) is 20.9 Å². The predicted octanol–water partition coefficient (Wildman–Crippen LogP) is 3.70. The van der Waals surface area contributed by atoms with Gasteiger partial charge in [-0.05, 0) is 24.3 Å². The minimum atomic E-state index is -1.35. The molecular weight excluding hydrogens is 453 g/mol. The normalized spacial score (nSPS) is 19.4. The van der Waals surface area contributed by atoms with Crippen LogP contribution in [0.15, 0.2) is 48.7 Å². The number of aromatic nitrogens is 1. The highest BCUT2D eigenvalue weighted by Crippen LogP contribution is 2.54. The van der Waals surface area contributed by atoms with Crippen molar-refractivity contribution in [3.63, 3.8) is 0 Å². The molecule has 2 aromatic carbocycles. The minimum absolute atomic E-state index is 0.155. The maximum absolute atomic E-state index is 13.8. The Kier molecular flexibility index (Phi) is 5.23. The maximum atomic E-state index is 13.8. The van der Waals surface area contributed by atoms with E-state index in [0.29, 0.717) is 29.4 Å². The summed E-state index contributed by atoms with van der Waals surface area (Å²) in [6, 6.07) is 8.11. The number of hydrogen-bond acceptors (Lipinski definition) is 5. The Morgan fingerprint density at radius 3 is 2.56 bits per heavy atom. The third kappa shape index (κ3) is 3.96. The maximum Gasteiger partial charge on any atom is 0.319 e. The number of rotatable bonds is 5. The predicted molar refractivity (Wildman–Crippen MR) is 114 cm³/mol. The number of amides is 3. The van der Waals surface area contributed by atoms with Gasteiger partial charge in [-0.25, -0.2) is 18.0 Å². The summed E-state index contributed by atoms with van der Waals surface area (Å²) >= 11 is 0. The van der Waals surface area contributed by atoms with Crippen molar-refractivity contribution in [2.75, 3.05) is 12.4 Å². The molecule has 3 amide bonds. The molecule has 1 fully saturated rings. The average molecular weight is 470 g/mol. The fourth-order valence-electron chi connectivity index (χ4n) is 3.87. The molecule has 1 saturated carbocycles. The van der Waals surface area contributed by atoms with E-state index in [1.54, 1.807) is 24.3 Å². The SMILES string of the molecule is CNC(=O)c1cc(Oc2ccc3c(c2)[C@H]2[C@H](NC(=O)Nc4cc(F)c(F)cc4F)[C@H]2O3)ccn1. The van der Waals surface area contributed by atoms with Crippen molar-refractivity contribution in [2.24, 2.45) is 0 Å². The first-order valence-electron chi connectivity index (χ1n) is 10.2. The molecule has 0 spiro atoms. The first-order chi connectivity index (χ1) is 16.3. The molecule has 1 aromatic heterocycles. The average Bonchev–Trinajstić information content (AvgIpc) is 3.33. The molecular formula is C23H17F3N4O4. The lowest BCUT2D eigenvalue weighted by Crippen LogP contribution is -2.34. The molecule has 11 heteroatoms. The van der Waals surface area contributed by atoms with Gasteiger partial charge in [-0.2, -0.15) is 0 Å². The van der Waals surface area contributed by atoms with Crippen LogP contribution in [0.5, 0.6) is 17.2 Å². The molecule has 5 rings (SSSR count). The number of hydrogen-bond donors (Lipinski definition) is 3. The van der Waals surface area contributed by atoms with Gasteiger partial charge in [-0.15, -0.1) is 0 Å². The number of halogens is 3. The van der Waals surface area contributed by atoms with Gasteiger partial charge in [0.2, 0.25) is 0 Å². The first-order valence-corrected chi connectivity index (χ1v) is 10.2. The standard InChI is InChI=1S/C23H17F3N4O4/c1-27-22(31)17-7-11(4-5-28-17)33-10-2-3-18-12(6-10)19-20(21(19)34-18)30-23(32)29-16-9-14(25)13(24)8-15(16)26/h2-9,19-21H,1H3,(H,27,31)(H2,29,30,32)/t19-,20-,21-/m0/s1. The molecule has 0 bridgehead atoms. The van der Waals surface area contributed by atoms with Crippen LogP contribution in [0.4, 0.5) is 23.7 Å². The molecule has 0 saturated heterocycles. The van der Waals surface area contributed by atoms with Crippen molar-refractivity contribution in [1.82, 2.24) is 15.6 Å². The van der Waals surface area contributed by atoms with Gasteiger partial charge in [0, 0.05) is 37.0 Å². The molecule has 0 unspecified atom stereocenters. The Hall–Kier alpha value is -4.28. The van der Waals surface area contributed by atoms with Gasteiger partial charge in [0.1, 0.15) is 34.9 Å². The summed E-state index contributed by atoms with van der Waals surface area (Å²) < 4.78 is 51.9. The summed E-state index contributed by atoms with van der Waals surface area (Å²) in [5.41, 5.74) is 0.541. The van der Waals surface area contributed by atoms with E-state index >= 15 is 0 Å². The quantitative estimate of drug-likeness (QED) is 0.494. The van der Waals surface area contributed by atoms with Crippen LogP contribution in [-0.2, 0) is 0 Å². The van der Waals surface area contributed by atoms with Gasteiger partial charge in [-0.3, -0.25) is 9.78 Å². The molecule has 2 aliphatic rings. The van der Waals surface area contributed by atoms with Crippen LogP contribution in [0.3, 0.4) is 0 Å². The van der Waals surface area contributed by atoms with Crippen molar-refractivity contribution in [2.45, 2.75) is 18.1 Å². The molecule has 2 heterocycles. The number of fused-ring (bicyclic) bond motifs is 3. The van der Waals surface area contributed by atoms with Gasteiger partial charge in [0.05, 0.1) is 17.6 Å². The molecule has 3 N–H and O–H groups in total. The van der Waals surface area contributed by atoms with Gasteiger partial charge in [0.25, 0.3) is 5.91 Å². The lowest BCUT2D eigenvalue weighted by atomic mass is 10.1. The number of benzene rings is 2. The topological polar surface area (TPSA) is 102 Å². The summed E-state index contributed by atoms with van der Waals surface area (Å²) in [7, 11) is 1.50. The van der Waals surface area contributed by atoms with E-state index in [0.717, 1.165) is 5.56 Å². The lowest BCUT2D eigenvalue weighted by molar-refractivity contribution is 0.0957. The van der Waals surface area contributed by atoms with Crippen molar-refractivity contribution >= 4 is 17.6 Å². The van der Waals surface area contributed by atoms with Gasteiger partial charge in [0.15, 0.2) is 11.6 Å². The van der Waals surface area contributed by atoms with Crippen molar-refractivity contribution < 1.29 is 32.2 Å². The van der Waals surface area contributed by atoms with Crippen molar-refractivity contribution in [3.8, 4) is 17.2 Å². The van der Waals surface area contributed by atoms with Crippen LogP contribution < -0.4 is 25.4 Å². The highest BCUT2D eigenvalue weighted by Gasteiger charge is 2.59. The molecule has 1 aliphatic carbocycles. The Bertz CT molecular complexity index is 1320. The molecule has 3 atom stereocenters. The van der Waals surface area contributed by atoms with E-state index in [1.165, 1.54) is 19.3 Å². The van der Waals surface area contributed by atoms with Crippen LogP contribution in [0.2, 0.25) is 0 Å². The zero-order valence-corrected chi connectivity index (χ0v) is 17.6. The van der Waals surface area contributed by atoms with Crippen LogP contribution in [-0.4, -0.2) is 36.1 Å².